The van der Waals surface area contributed by atoms with Gasteiger partial charge >= 0.3 is 5.97 Å². The molecule has 2 aromatic carbocycles. The van der Waals surface area contributed by atoms with Gasteiger partial charge in [0.1, 0.15) is 17.9 Å². The van der Waals surface area contributed by atoms with Crippen molar-refractivity contribution in [3.8, 4) is 22.8 Å². The third kappa shape index (κ3) is 4.46. The number of methoxy groups -OCH3 is 2. The Labute approximate surface area is 169 Å². The van der Waals surface area contributed by atoms with Crippen LogP contribution in [-0.4, -0.2) is 30.3 Å². The normalized spacial score (nSPS) is 10.4. The zero-order valence-electron chi connectivity index (χ0n) is 15.4. The predicted octanol–water partition coefficient (Wildman–Crippen LogP) is 4.28. The van der Waals surface area contributed by atoms with E-state index in [0.717, 1.165) is 6.07 Å². The zero-order valence-corrected chi connectivity index (χ0v) is 16.1. The van der Waals surface area contributed by atoms with E-state index in [-0.39, 0.29) is 17.2 Å². The molecule has 0 bridgehead atoms. The third-order valence-electron chi connectivity index (χ3n) is 3.95. The van der Waals surface area contributed by atoms with Crippen molar-refractivity contribution in [2.45, 2.75) is 6.61 Å². The average Bonchev–Trinajstić information content (AvgIpc) is 3.20. The van der Waals surface area contributed by atoms with Crippen LogP contribution in [0.15, 0.2) is 47.0 Å². The van der Waals surface area contributed by atoms with E-state index in [2.05, 4.69) is 5.16 Å². The number of carbonyl (C=O) groups excluding carboxylic acids is 1. The highest BCUT2D eigenvalue weighted by Crippen LogP contribution is 2.32. The first-order valence-corrected chi connectivity index (χ1v) is 8.59. The van der Waals surface area contributed by atoms with Crippen LogP contribution >= 0.6 is 11.6 Å². The summed E-state index contributed by atoms with van der Waals surface area (Å²) in [6.07, 6.45) is 0. The number of esters is 1. The number of aromatic nitrogens is 1. The molecule has 10 heteroatoms. The Bertz CT molecular complexity index is 1060. The van der Waals surface area contributed by atoms with Gasteiger partial charge in [0, 0.05) is 22.7 Å². The van der Waals surface area contributed by atoms with E-state index in [0.29, 0.717) is 28.5 Å². The van der Waals surface area contributed by atoms with Gasteiger partial charge in [-0.3, -0.25) is 10.1 Å². The molecule has 0 unspecified atom stereocenters. The molecule has 0 aliphatic rings. The Morgan fingerprint density at radius 2 is 1.90 bits per heavy atom. The molecule has 0 aliphatic carbocycles. The summed E-state index contributed by atoms with van der Waals surface area (Å²) >= 11 is 5.82. The first kappa shape index (κ1) is 20.2. The van der Waals surface area contributed by atoms with Crippen LogP contribution in [0.2, 0.25) is 5.02 Å². The van der Waals surface area contributed by atoms with Crippen molar-refractivity contribution in [2.75, 3.05) is 14.2 Å². The zero-order chi connectivity index (χ0) is 21.0. The fraction of sp³-hybridized carbons (Fsp3) is 0.158. The molecule has 1 aromatic heterocycles. The molecular weight excluding hydrogens is 404 g/mol. The Balaban J connectivity index is 1.74. The molecule has 0 saturated heterocycles. The minimum absolute atomic E-state index is 0.180. The van der Waals surface area contributed by atoms with Crippen molar-refractivity contribution >= 4 is 23.3 Å². The summed E-state index contributed by atoms with van der Waals surface area (Å²) in [6.45, 7) is -0.237. The van der Waals surface area contributed by atoms with Crippen LogP contribution in [0.3, 0.4) is 0 Å². The molecule has 9 nitrogen and oxygen atoms in total. The number of nitro groups is 1. The number of rotatable bonds is 7. The summed E-state index contributed by atoms with van der Waals surface area (Å²) < 4.78 is 20.8. The van der Waals surface area contributed by atoms with E-state index in [9.17, 15) is 14.9 Å². The molecule has 29 heavy (non-hydrogen) atoms. The molecule has 1 heterocycles. The Hall–Kier alpha value is -3.59. The highest BCUT2D eigenvalue weighted by Gasteiger charge is 2.22. The Morgan fingerprint density at radius 1 is 1.14 bits per heavy atom. The van der Waals surface area contributed by atoms with E-state index >= 15 is 0 Å². The molecule has 3 aromatic rings. The highest BCUT2D eigenvalue weighted by atomic mass is 35.5. The van der Waals surface area contributed by atoms with Crippen molar-refractivity contribution in [1.82, 2.24) is 5.16 Å². The second-order valence-corrected chi connectivity index (χ2v) is 6.18. The van der Waals surface area contributed by atoms with Crippen LogP contribution in [-0.2, 0) is 11.3 Å². The summed E-state index contributed by atoms with van der Waals surface area (Å²) in [7, 11) is 3.05. The maximum Gasteiger partial charge on any atom is 0.345 e. The van der Waals surface area contributed by atoms with Crippen LogP contribution in [0.5, 0.6) is 11.5 Å². The molecule has 0 N–H and O–H groups in total. The lowest BCUT2D eigenvalue weighted by atomic mass is 10.1. The Kier molecular flexibility index (Phi) is 5.99. The molecule has 0 atom stereocenters. The van der Waals surface area contributed by atoms with Gasteiger partial charge in [0.2, 0.25) is 0 Å². The van der Waals surface area contributed by atoms with Crippen molar-refractivity contribution in [1.29, 1.82) is 0 Å². The summed E-state index contributed by atoms with van der Waals surface area (Å²) in [5.74, 6) is 0.608. The van der Waals surface area contributed by atoms with Gasteiger partial charge in [-0.05, 0) is 30.3 Å². The van der Waals surface area contributed by atoms with Gasteiger partial charge < -0.3 is 18.7 Å². The molecule has 0 fully saturated rings. The minimum atomic E-state index is -0.894. The van der Waals surface area contributed by atoms with Gasteiger partial charge in [-0.25, -0.2) is 4.79 Å². The number of nitro benzene ring substituents is 1. The monoisotopic (exact) mass is 418 g/mol. The maximum absolute atomic E-state index is 12.3. The lowest BCUT2D eigenvalue weighted by Crippen LogP contribution is -2.08. The molecule has 0 radical (unpaired) electrons. The van der Waals surface area contributed by atoms with Gasteiger partial charge in [-0.2, -0.15) is 0 Å². The number of nitrogens with zero attached hydrogens (tertiary/aromatic N) is 2. The molecule has 0 amide bonds. The molecule has 0 saturated carbocycles. The molecule has 3 rings (SSSR count). The number of hydrogen-bond acceptors (Lipinski definition) is 8. The SMILES string of the molecule is COc1ccc(-c2cc(COC(=O)c3cc(Cl)ccc3[N+](=O)[O-])no2)cc1OC. The molecular formula is C19H15ClN2O7. The van der Waals surface area contributed by atoms with E-state index in [1.165, 1.54) is 26.4 Å². The third-order valence-corrected chi connectivity index (χ3v) is 4.19. The molecule has 150 valence electrons. The first-order valence-electron chi connectivity index (χ1n) is 8.22. The minimum Gasteiger partial charge on any atom is -0.493 e. The lowest BCUT2D eigenvalue weighted by molar-refractivity contribution is -0.385. The van der Waals surface area contributed by atoms with Crippen molar-refractivity contribution < 1.29 is 28.5 Å². The van der Waals surface area contributed by atoms with Crippen LogP contribution < -0.4 is 9.47 Å². The smallest absolute Gasteiger partial charge is 0.345 e. The molecule has 0 aliphatic heterocycles. The van der Waals surface area contributed by atoms with Crippen LogP contribution in [0.25, 0.3) is 11.3 Å². The predicted molar refractivity (Wildman–Crippen MR) is 102 cm³/mol. The fourth-order valence-corrected chi connectivity index (χ4v) is 2.73. The second-order valence-electron chi connectivity index (χ2n) is 5.75. The quantitative estimate of drug-likeness (QED) is 0.317. The summed E-state index contributed by atoms with van der Waals surface area (Å²) in [5.41, 5.74) is 0.364. The van der Waals surface area contributed by atoms with Gasteiger partial charge in [0.25, 0.3) is 5.69 Å². The fourth-order valence-electron chi connectivity index (χ4n) is 2.55. The van der Waals surface area contributed by atoms with E-state index in [4.69, 9.17) is 30.3 Å². The van der Waals surface area contributed by atoms with Crippen LogP contribution in [0, 0.1) is 10.1 Å². The lowest BCUT2D eigenvalue weighted by Gasteiger charge is -2.07. The maximum atomic E-state index is 12.3. The van der Waals surface area contributed by atoms with Gasteiger partial charge in [-0.1, -0.05) is 16.8 Å². The Morgan fingerprint density at radius 3 is 2.59 bits per heavy atom. The van der Waals surface area contributed by atoms with Crippen LogP contribution in [0.1, 0.15) is 16.1 Å². The summed E-state index contributed by atoms with van der Waals surface area (Å²) in [4.78, 5) is 22.6. The van der Waals surface area contributed by atoms with Gasteiger partial charge in [0.05, 0.1) is 19.1 Å². The van der Waals surface area contributed by atoms with Crippen LogP contribution in [0.4, 0.5) is 5.69 Å². The number of halogens is 1. The summed E-state index contributed by atoms with van der Waals surface area (Å²) in [6, 6.07) is 10.4. The average molecular weight is 419 g/mol. The number of benzene rings is 2. The van der Waals surface area contributed by atoms with E-state index in [1.54, 1.807) is 24.3 Å². The summed E-state index contributed by atoms with van der Waals surface area (Å²) in [5, 5.41) is 15.1. The molecule has 0 spiro atoms. The van der Waals surface area contributed by atoms with Gasteiger partial charge in [0.15, 0.2) is 17.3 Å². The van der Waals surface area contributed by atoms with E-state index in [1.807, 2.05) is 0 Å². The first-order chi connectivity index (χ1) is 13.9. The van der Waals surface area contributed by atoms with Gasteiger partial charge in [-0.15, -0.1) is 0 Å². The van der Waals surface area contributed by atoms with E-state index < -0.39 is 16.6 Å². The highest BCUT2D eigenvalue weighted by molar-refractivity contribution is 6.31. The second kappa shape index (κ2) is 8.61. The van der Waals surface area contributed by atoms with Crippen molar-refractivity contribution in [3.05, 3.63) is 68.9 Å². The van der Waals surface area contributed by atoms with Crippen molar-refractivity contribution in [2.24, 2.45) is 0 Å². The number of carbonyl (C=O) groups is 1. The standard InChI is InChI=1S/C19H15ClN2O7/c1-26-16-6-3-11(7-18(16)27-2)17-9-13(21-29-17)10-28-19(23)14-8-12(20)4-5-15(14)22(24)25/h3-9H,10H2,1-2H3. The van der Waals surface area contributed by atoms with Crippen molar-refractivity contribution in [3.63, 3.8) is 0 Å². The largest absolute Gasteiger partial charge is 0.493 e. The number of ether oxygens (including phenoxy) is 3. The topological polar surface area (TPSA) is 114 Å². The number of hydrogen-bond donors (Lipinski definition) is 0.